The summed E-state index contributed by atoms with van der Waals surface area (Å²) in [6.07, 6.45) is 2.60. The van der Waals surface area contributed by atoms with Crippen LogP contribution in [-0.2, 0) is 4.79 Å². The zero-order valence-corrected chi connectivity index (χ0v) is 34.0. The van der Waals surface area contributed by atoms with Crippen molar-refractivity contribution in [3.05, 3.63) is 54.1 Å². The highest BCUT2D eigenvalue weighted by molar-refractivity contribution is 8.00. The van der Waals surface area contributed by atoms with E-state index in [9.17, 15) is 4.79 Å². The molecule has 6 aliphatic heterocycles. The second-order valence-electron chi connectivity index (χ2n) is 13.6. The molecule has 0 spiro atoms. The van der Waals surface area contributed by atoms with Crippen molar-refractivity contribution in [1.29, 1.82) is 0 Å². The van der Waals surface area contributed by atoms with Crippen LogP contribution in [-0.4, -0.2) is 102 Å². The normalized spacial score (nSPS) is 19.3. The number of aromatic nitrogens is 9. The fourth-order valence-corrected chi connectivity index (χ4v) is 10.9. The minimum Gasteiger partial charge on any atom is -0.486 e. The summed E-state index contributed by atoms with van der Waals surface area (Å²) in [6.45, 7) is 2.17. The van der Waals surface area contributed by atoms with E-state index in [4.69, 9.17) is 53.3 Å². The van der Waals surface area contributed by atoms with Crippen LogP contribution in [0.4, 0.5) is 5.82 Å². The SMILES string of the molecule is O=C1CSc2ccc(C3Oc4c(nnc(-c5cnc(-c6cc7c(cn6)OCCO7)c6c5SCO6)c4-c4cc5c(nn4)OCCS5)SC3c3cc4c(nn3)OCCO4)nc2N1. The molecule has 60 heavy (non-hydrogen) atoms. The summed E-state index contributed by atoms with van der Waals surface area (Å²) in [4.78, 5) is 29.5. The molecular weight excluding hydrogens is 853 g/mol. The lowest BCUT2D eigenvalue weighted by atomic mass is 10.0. The Morgan fingerprint density at radius 1 is 0.667 bits per heavy atom. The van der Waals surface area contributed by atoms with E-state index in [-0.39, 0.29) is 5.91 Å². The van der Waals surface area contributed by atoms with Gasteiger partial charge in [0.25, 0.3) is 5.88 Å². The molecule has 1 amide bonds. The molecule has 2 atom stereocenters. The lowest BCUT2D eigenvalue weighted by Crippen LogP contribution is -2.25. The molecule has 0 saturated carbocycles. The Morgan fingerprint density at radius 3 is 2.48 bits per heavy atom. The average Bonchev–Trinajstić information content (AvgIpc) is 3.80. The number of rotatable bonds is 5. The second kappa shape index (κ2) is 14.7. The molecule has 22 heteroatoms. The third kappa shape index (κ3) is 6.22. The van der Waals surface area contributed by atoms with Gasteiger partial charge in [0.05, 0.1) is 61.1 Å². The number of carbonyl (C=O) groups is 1. The Kier molecular flexibility index (Phi) is 8.84. The van der Waals surface area contributed by atoms with Crippen LogP contribution in [0.15, 0.2) is 62.4 Å². The monoisotopic (exact) mass is 878 g/mol. The van der Waals surface area contributed by atoms with Gasteiger partial charge in [-0.3, -0.25) is 9.78 Å². The Balaban J connectivity index is 1.03. The van der Waals surface area contributed by atoms with Crippen molar-refractivity contribution in [1.82, 2.24) is 45.5 Å². The number of carbonyl (C=O) groups excluding carboxylic acids is 1. The largest absolute Gasteiger partial charge is 0.486 e. The Bertz CT molecular complexity index is 2790. The van der Waals surface area contributed by atoms with Crippen molar-refractivity contribution in [3.8, 4) is 74.4 Å². The molecule has 2 unspecified atom stereocenters. The van der Waals surface area contributed by atoms with Crippen LogP contribution < -0.4 is 38.5 Å². The van der Waals surface area contributed by atoms with Gasteiger partial charge in [0.1, 0.15) is 55.3 Å². The Hall–Kier alpha value is -5.84. The number of pyridine rings is 3. The van der Waals surface area contributed by atoms with Crippen LogP contribution in [0.3, 0.4) is 0 Å². The minimum atomic E-state index is -0.780. The molecule has 0 radical (unpaired) electrons. The molecular formula is C38H26N10O8S4. The van der Waals surface area contributed by atoms with E-state index < -0.39 is 11.4 Å². The first-order valence-electron chi connectivity index (χ1n) is 18.6. The number of hydrogen-bond acceptors (Lipinski definition) is 21. The maximum atomic E-state index is 12.5. The van der Waals surface area contributed by atoms with Crippen LogP contribution in [0.2, 0.25) is 0 Å². The maximum Gasteiger partial charge on any atom is 0.276 e. The average molecular weight is 879 g/mol. The van der Waals surface area contributed by atoms with Gasteiger partial charge in [0, 0.05) is 29.6 Å². The second-order valence-corrected chi connectivity index (χ2v) is 17.8. The first kappa shape index (κ1) is 36.0. The predicted octanol–water partition coefficient (Wildman–Crippen LogP) is 5.72. The smallest absolute Gasteiger partial charge is 0.276 e. The molecule has 6 aliphatic rings. The number of fused-ring (bicyclic) bond motifs is 6. The molecule has 12 heterocycles. The van der Waals surface area contributed by atoms with E-state index in [0.717, 1.165) is 20.4 Å². The van der Waals surface area contributed by atoms with Crippen molar-refractivity contribution in [2.45, 2.75) is 31.1 Å². The summed E-state index contributed by atoms with van der Waals surface area (Å²) in [5.41, 5.74) is 4.34. The predicted molar refractivity (Wildman–Crippen MR) is 217 cm³/mol. The molecule has 0 aromatic carbocycles. The topological polar surface area (TPSA) is 210 Å². The van der Waals surface area contributed by atoms with Gasteiger partial charge in [0.15, 0.2) is 39.9 Å². The number of amides is 1. The fourth-order valence-electron chi connectivity index (χ4n) is 7.28. The van der Waals surface area contributed by atoms with Crippen LogP contribution in [0.25, 0.3) is 33.9 Å². The lowest BCUT2D eigenvalue weighted by molar-refractivity contribution is -0.113. The minimum absolute atomic E-state index is 0.135. The van der Waals surface area contributed by atoms with Crippen LogP contribution >= 0.6 is 47.0 Å². The summed E-state index contributed by atoms with van der Waals surface area (Å²) >= 11 is 5.96. The fraction of sp³-hybridized carbons (Fsp3) is 0.263. The van der Waals surface area contributed by atoms with Gasteiger partial charge >= 0.3 is 0 Å². The van der Waals surface area contributed by atoms with Crippen LogP contribution in [0.1, 0.15) is 22.7 Å². The van der Waals surface area contributed by atoms with Crippen molar-refractivity contribution in [2.24, 2.45) is 0 Å². The van der Waals surface area contributed by atoms with Crippen LogP contribution in [0.5, 0.6) is 40.5 Å². The van der Waals surface area contributed by atoms with Gasteiger partial charge in [-0.15, -0.1) is 49.0 Å². The van der Waals surface area contributed by atoms with Gasteiger partial charge in [-0.25, -0.2) is 9.97 Å². The molecule has 12 rings (SSSR count). The zero-order chi connectivity index (χ0) is 39.7. The Morgan fingerprint density at radius 2 is 1.53 bits per heavy atom. The summed E-state index contributed by atoms with van der Waals surface area (Å²) in [7, 11) is 0. The van der Waals surface area contributed by atoms with E-state index >= 15 is 0 Å². The molecule has 0 fully saturated rings. The third-order valence-corrected chi connectivity index (χ3v) is 14.1. The van der Waals surface area contributed by atoms with Crippen molar-refractivity contribution < 1.29 is 38.0 Å². The van der Waals surface area contributed by atoms with Gasteiger partial charge in [0.2, 0.25) is 11.8 Å². The third-order valence-electron chi connectivity index (χ3n) is 9.95. The molecule has 1 N–H and O–H groups in total. The van der Waals surface area contributed by atoms with E-state index in [1.807, 2.05) is 24.3 Å². The molecule has 6 aromatic heterocycles. The molecule has 0 saturated heterocycles. The van der Waals surface area contributed by atoms with E-state index in [2.05, 4.69) is 30.7 Å². The number of hydrogen-bond donors (Lipinski definition) is 1. The van der Waals surface area contributed by atoms with Crippen molar-refractivity contribution in [2.75, 3.05) is 55.8 Å². The molecule has 6 aromatic rings. The highest BCUT2D eigenvalue weighted by Crippen LogP contribution is 2.58. The van der Waals surface area contributed by atoms with Crippen LogP contribution in [0, 0.1) is 0 Å². The summed E-state index contributed by atoms with van der Waals surface area (Å²) in [5.74, 6) is 5.09. The summed E-state index contributed by atoms with van der Waals surface area (Å²) in [5, 5.41) is 30.6. The van der Waals surface area contributed by atoms with E-state index in [1.54, 1.807) is 30.2 Å². The quantitative estimate of drug-likeness (QED) is 0.219. The standard InChI is InChI=1S/C38H26N10O8S4/c49-26-14-58-24-2-1-17(41-35(24)42-26)30-34(20-10-22-36(46-44-20)53-6-5-51-22)60-38-31(56-30)27(18-11-25-37(47-43-18)54-7-8-57-25)28(45-48-38)16-12-40-29(32-33(16)59-15-55-32)19-9-21-23(13-39-19)52-4-3-50-21/h1-2,9-13,30,34H,3-8,14-15H2,(H,41,42,49). The van der Waals surface area contributed by atoms with Gasteiger partial charge in [-0.1, -0.05) is 23.5 Å². The molecule has 18 nitrogen and oxygen atoms in total. The first-order chi connectivity index (χ1) is 29.6. The zero-order valence-electron chi connectivity index (χ0n) is 30.8. The first-order valence-corrected chi connectivity index (χ1v) is 22.4. The molecule has 300 valence electrons. The van der Waals surface area contributed by atoms with Gasteiger partial charge in [-0.2, -0.15) is 5.10 Å². The van der Waals surface area contributed by atoms with Crippen molar-refractivity contribution in [3.63, 3.8) is 0 Å². The maximum absolute atomic E-state index is 12.5. The highest BCUT2D eigenvalue weighted by atomic mass is 32.2. The number of ether oxygens (including phenoxy) is 7. The highest BCUT2D eigenvalue weighted by Gasteiger charge is 2.41. The number of thioether (sulfide) groups is 4. The lowest BCUT2D eigenvalue weighted by Gasteiger charge is -2.33. The van der Waals surface area contributed by atoms with Gasteiger partial charge in [-0.05, 0) is 18.2 Å². The number of nitrogens with zero attached hydrogens (tertiary/aromatic N) is 9. The molecule has 0 aliphatic carbocycles. The van der Waals surface area contributed by atoms with E-state index in [0.29, 0.717) is 141 Å². The summed E-state index contributed by atoms with van der Waals surface area (Å²) in [6, 6.07) is 9.38. The van der Waals surface area contributed by atoms with Gasteiger partial charge < -0.3 is 38.5 Å². The molecule has 0 bridgehead atoms. The van der Waals surface area contributed by atoms with Crippen molar-refractivity contribution >= 4 is 58.8 Å². The summed E-state index contributed by atoms with van der Waals surface area (Å²) < 4.78 is 42.4. The van der Waals surface area contributed by atoms with E-state index in [1.165, 1.54) is 35.3 Å². The Labute approximate surface area is 356 Å². The number of anilines is 1. The number of nitrogens with one attached hydrogen (secondary N) is 1.